The van der Waals surface area contributed by atoms with Crippen LogP contribution in [0.1, 0.15) is 12.8 Å². The molecule has 1 N–H and O–H groups in total. The number of benzene rings is 2. The van der Waals surface area contributed by atoms with Crippen LogP contribution in [0.5, 0.6) is 5.75 Å². The van der Waals surface area contributed by atoms with Gasteiger partial charge in [-0.05, 0) is 24.3 Å². The Morgan fingerprint density at radius 2 is 2.03 bits per heavy atom. The Morgan fingerprint density at radius 3 is 2.80 bits per heavy atom. The number of carbonyl (C=O) groups excluding carboxylic acids is 1. The lowest BCUT2D eigenvalue weighted by Crippen LogP contribution is -2.29. The van der Waals surface area contributed by atoms with E-state index in [1.807, 2.05) is 13.0 Å². The van der Waals surface area contributed by atoms with Gasteiger partial charge in [-0.2, -0.15) is 5.10 Å². The zero-order chi connectivity index (χ0) is 21.1. The molecule has 0 aliphatic carbocycles. The monoisotopic (exact) mass is 405 g/mol. The molecule has 2 heterocycles. The summed E-state index contributed by atoms with van der Waals surface area (Å²) in [4.78, 5) is 25.2. The molecule has 4 aromatic rings. The van der Waals surface area contributed by atoms with Crippen LogP contribution in [-0.2, 0) is 17.8 Å². The van der Waals surface area contributed by atoms with Crippen LogP contribution in [-0.4, -0.2) is 33.0 Å². The maximum atomic E-state index is 12.6. The van der Waals surface area contributed by atoms with Gasteiger partial charge in [0.05, 0.1) is 24.4 Å². The van der Waals surface area contributed by atoms with Crippen molar-refractivity contribution in [2.24, 2.45) is 0 Å². The predicted molar refractivity (Wildman–Crippen MR) is 110 cm³/mol. The summed E-state index contributed by atoms with van der Waals surface area (Å²) < 4.78 is 12.0. The number of ether oxygens (including phenoxy) is 1. The number of nitrogens with zero attached hydrogens (tertiary/aromatic N) is 4. The Kier molecular flexibility index (Phi) is 5.25. The first-order valence-electron chi connectivity index (χ1n) is 9.34. The standard InChI is InChI=1S/C21H19N5O4/c1-3-19-24-25-20(30-19)13-8-9-17(29-2)16(10-13)23-18(27)12-26-21(28)15-7-5-4-6-14(15)11-22-26/h4-11H,3,12H2,1-2H3,(H,23,27). The van der Waals surface area contributed by atoms with Gasteiger partial charge in [-0.25, -0.2) is 4.68 Å². The summed E-state index contributed by atoms with van der Waals surface area (Å²) in [6, 6.07) is 12.2. The van der Waals surface area contributed by atoms with Crippen molar-refractivity contribution in [2.45, 2.75) is 19.9 Å². The minimum Gasteiger partial charge on any atom is -0.495 e. The van der Waals surface area contributed by atoms with Crippen LogP contribution in [0.2, 0.25) is 0 Å². The number of amides is 1. The highest BCUT2D eigenvalue weighted by Crippen LogP contribution is 2.30. The van der Waals surface area contributed by atoms with E-state index in [-0.39, 0.29) is 12.1 Å². The second kappa shape index (κ2) is 8.16. The fourth-order valence-corrected chi connectivity index (χ4v) is 3.02. The molecule has 0 aliphatic rings. The first-order chi connectivity index (χ1) is 14.6. The molecule has 0 radical (unpaired) electrons. The molecule has 30 heavy (non-hydrogen) atoms. The first kappa shape index (κ1) is 19.3. The molecule has 9 nitrogen and oxygen atoms in total. The van der Waals surface area contributed by atoms with Crippen LogP contribution in [0.25, 0.3) is 22.2 Å². The normalized spacial score (nSPS) is 10.9. The zero-order valence-corrected chi connectivity index (χ0v) is 16.5. The molecule has 0 aliphatic heterocycles. The Labute approximate surface area is 171 Å². The Bertz CT molecular complexity index is 1280. The van der Waals surface area contributed by atoms with Crippen molar-refractivity contribution in [1.82, 2.24) is 20.0 Å². The van der Waals surface area contributed by atoms with Crippen LogP contribution in [0.3, 0.4) is 0 Å². The summed E-state index contributed by atoms with van der Waals surface area (Å²) in [5.74, 6) is 0.904. The molecule has 0 bridgehead atoms. The summed E-state index contributed by atoms with van der Waals surface area (Å²) >= 11 is 0. The number of rotatable bonds is 6. The molecule has 2 aromatic heterocycles. The number of fused-ring (bicyclic) bond motifs is 1. The third-order valence-electron chi connectivity index (χ3n) is 4.55. The van der Waals surface area contributed by atoms with Crippen molar-refractivity contribution in [3.05, 3.63) is 64.9 Å². The maximum absolute atomic E-state index is 12.6. The minimum absolute atomic E-state index is 0.239. The van der Waals surface area contributed by atoms with Gasteiger partial charge in [0.1, 0.15) is 12.3 Å². The molecule has 0 saturated carbocycles. The van der Waals surface area contributed by atoms with E-state index < -0.39 is 5.91 Å². The number of hydrogen-bond donors (Lipinski definition) is 1. The van der Waals surface area contributed by atoms with Gasteiger partial charge in [-0.1, -0.05) is 25.1 Å². The SMILES string of the molecule is CCc1nnc(-c2ccc(OC)c(NC(=O)Cn3ncc4ccccc4c3=O)c2)o1. The van der Waals surface area contributed by atoms with Crippen molar-refractivity contribution >= 4 is 22.4 Å². The van der Waals surface area contributed by atoms with Crippen LogP contribution in [0.4, 0.5) is 5.69 Å². The smallest absolute Gasteiger partial charge is 0.275 e. The van der Waals surface area contributed by atoms with E-state index in [9.17, 15) is 9.59 Å². The van der Waals surface area contributed by atoms with Gasteiger partial charge in [0.15, 0.2) is 0 Å². The van der Waals surface area contributed by atoms with E-state index in [4.69, 9.17) is 9.15 Å². The highest BCUT2D eigenvalue weighted by atomic mass is 16.5. The molecule has 0 spiro atoms. The van der Waals surface area contributed by atoms with Crippen molar-refractivity contribution in [3.63, 3.8) is 0 Å². The fraction of sp³-hybridized carbons (Fsp3) is 0.190. The van der Waals surface area contributed by atoms with Crippen LogP contribution < -0.4 is 15.6 Å². The van der Waals surface area contributed by atoms with E-state index in [2.05, 4.69) is 20.6 Å². The highest BCUT2D eigenvalue weighted by Gasteiger charge is 2.14. The average Bonchev–Trinajstić information content (AvgIpc) is 3.25. The third kappa shape index (κ3) is 3.77. The van der Waals surface area contributed by atoms with Gasteiger partial charge in [0.2, 0.25) is 17.7 Å². The number of anilines is 1. The predicted octanol–water partition coefficient (Wildman–Crippen LogP) is 2.66. The van der Waals surface area contributed by atoms with E-state index in [1.54, 1.807) is 42.6 Å². The Morgan fingerprint density at radius 1 is 1.20 bits per heavy atom. The summed E-state index contributed by atoms with van der Waals surface area (Å²) in [6.45, 7) is 1.68. The number of aromatic nitrogens is 4. The Balaban J connectivity index is 1.59. The summed E-state index contributed by atoms with van der Waals surface area (Å²) in [5, 5.41) is 16.0. The lowest BCUT2D eigenvalue weighted by atomic mass is 10.2. The quantitative estimate of drug-likeness (QED) is 0.525. The first-order valence-corrected chi connectivity index (χ1v) is 9.34. The topological polar surface area (TPSA) is 112 Å². The van der Waals surface area contributed by atoms with E-state index >= 15 is 0 Å². The molecule has 0 fully saturated rings. The molecule has 4 rings (SSSR count). The van der Waals surface area contributed by atoms with Crippen molar-refractivity contribution in [2.75, 3.05) is 12.4 Å². The molecule has 0 atom stereocenters. The van der Waals surface area contributed by atoms with Crippen molar-refractivity contribution in [1.29, 1.82) is 0 Å². The number of hydrogen-bond acceptors (Lipinski definition) is 7. The number of carbonyl (C=O) groups is 1. The van der Waals surface area contributed by atoms with E-state index in [1.165, 1.54) is 7.11 Å². The summed E-state index contributed by atoms with van der Waals surface area (Å²) in [5.41, 5.74) is 0.728. The van der Waals surface area contributed by atoms with Crippen LogP contribution >= 0.6 is 0 Å². The van der Waals surface area contributed by atoms with Crippen molar-refractivity contribution in [3.8, 4) is 17.2 Å². The number of aryl methyl sites for hydroxylation is 1. The Hall–Kier alpha value is -4.01. The lowest BCUT2D eigenvalue weighted by Gasteiger charge is -2.12. The third-order valence-corrected chi connectivity index (χ3v) is 4.55. The number of nitrogens with one attached hydrogen (secondary N) is 1. The minimum atomic E-state index is -0.421. The van der Waals surface area contributed by atoms with Gasteiger partial charge >= 0.3 is 0 Å². The molecule has 2 aromatic carbocycles. The maximum Gasteiger partial charge on any atom is 0.275 e. The summed E-state index contributed by atoms with van der Waals surface area (Å²) in [7, 11) is 1.50. The molecule has 0 saturated heterocycles. The zero-order valence-electron chi connectivity index (χ0n) is 16.5. The average molecular weight is 405 g/mol. The van der Waals surface area contributed by atoms with Crippen molar-refractivity contribution < 1.29 is 13.9 Å². The fourth-order valence-electron chi connectivity index (χ4n) is 3.02. The molecule has 1 amide bonds. The molecular weight excluding hydrogens is 386 g/mol. The largest absolute Gasteiger partial charge is 0.495 e. The second-order valence-electron chi connectivity index (χ2n) is 6.51. The van der Waals surface area contributed by atoms with Gasteiger partial charge < -0.3 is 14.5 Å². The molecule has 0 unspecified atom stereocenters. The van der Waals surface area contributed by atoms with Crippen LogP contribution in [0.15, 0.2) is 57.9 Å². The van der Waals surface area contributed by atoms with Gasteiger partial charge in [-0.15, -0.1) is 10.2 Å². The highest BCUT2D eigenvalue weighted by molar-refractivity contribution is 5.93. The van der Waals surface area contributed by atoms with E-state index in [0.717, 1.165) is 10.1 Å². The second-order valence-corrected chi connectivity index (χ2v) is 6.51. The molecule has 152 valence electrons. The van der Waals surface area contributed by atoms with Gasteiger partial charge in [0.25, 0.3) is 5.56 Å². The molecule has 9 heteroatoms. The lowest BCUT2D eigenvalue weighted by molar-refractivity contribution is -0.117. The molecular formula is C21H19N5O4. The number of methoxy groups -OCH3 is 1. The van der Waals surface area contributed by atoms with Crippen LogP contribution in [0, 0.1) is 0 Å². The van der Waals surface area contributed by atoms with Gasteiger partial charge in [-0.3, -0.25) is 9.59 Å². The summed E-state index contributed by atoms with van der Waals surface area (Å²) in [6.07, 6.45) is 2.19. The van der Waals surface area contributed by atoms with E-state index in [0.29, 0.717) is 40.6 Å². The van der Waals surface area contributed by atoms with Gasteiger partial charge in [0, 0.05) is 17.4 Å².